The van der Waals surface area contributed by atoms with Crippen molar-refractivity contribution in [1.82, 2.24) is 10.2 Å². The van der Waals surface area contributed by atoms with Crippen LogP contribution in [0.5, 0.6) is 0 Å². The van der Waals surface area contributed by atoms with Gasteiger partial charge in [0.05, 0.1) is 6.10 Å². The molecule has 5 nitrogen and oxygen atoms in total. The molecule has 0 saturated carbocycles. The number of benzene rings is 1. The average Bonchev–Trinajstić information content (AvgIpc) is 2.51. The molecule has 1 aliphatic heterocycles. The number of rotatable bonds is 5. The number of aliphatic hydroxyl groups is 1. The fraction of sp³-hybridized carbons (Fsp3) is 0.562. The van der Waals surface area contributed by atoms with Crippen LogP contribution in [0.3, 0.4) is 0 Å². The van der Waals surface area contributed by atoms with Crippen molar-refractivity contribution in [1.29, 1.82) is 0 Å². The van der Waals surface area contributed by atoms with Crippen molar-refractivity contribution in [3.05, 3.63) is 30.1 Å². The lowest BCUT2D eigenvalue weighted by Gasteiger charge is -2.33. The number of β-amino-alcohol motifs (C(OH)–C–C–N with tert-alkyl or cyclic N) is 1. The summed E-state index contributed by atoms with van der Waals surface area (Å²) in [5, 5.41) is 15.3. The molecule has 0 unspecified atom stereocenters. The first-order chi connectivity index (χ1) is 10.6. The maximum Gasteiger partial charge on any atom is 0.319 e. The minimum absolute atomic E-state index is 0.135. The predicted octanol–water partition coefficient (Wildman–Crippen LogP) is 2.18. The van der Waals surface area contributed by atoms with Gasteiger partial charge in [0.25, 0.3) is 0 Å². The maximum absolute atomic E-state index is 12.8. The third-order valence-corrected chi connectivity index (χ3v) is 3.97. The Morgan fingerprint density at radius 1 is 1.36 bits per heavy atom. The Balaban J connectivity index is 1.71. The van der Waals surface area contributed by atoms with Gasteiger partial charge in [-0.05, 0) is 43.5 Å². The van der Waals surface area contributed by atoms with Gasteiger partial charge in [0, 0.05) is 31.4 Å². The van der Waals surface area contributed by atoms with E-state index in [0.717, 1.165) is 32.4 Å². The number of urea groups is 1. The summed E-state index contributed by atoms with van der Waals surface area (Å²) in [6.07, 6.45) is 2.23. The lowest BCUT2D eigenvalue weighted by molar-refractivity contribution is 0.0925. The van der Waals surface area contributed by atoms with E-state index in [-0.39, 0.29) is 24.0 Å². The van der Waals surface area contributed by atoms with E-state index in [4.69, 9.17) is 0 Å². The Kier molecular flexibility index (Phi) is 6.15. The molecule has 2 rings (SSSR count). The van der Waals surface area contributed by atoms with Crippen molar-refractivity contribution >= 4 is 11.7 Å². The number of piperidine rings is 1. The van der Waals surface area contributed by atoms with Gasteiger partial charge in [0.2, 0.25) is 0 Å². The highest BCUT2D eigenvalue weighted by Crippen LogP contribution is 2.12. The SMILES string of the molecule is CC[C@@H](O)CN1CCC(NC(=O)Nc2ccc(F)cc2)CC1. The Labute approximate surface area is 130 Å². The van der Waals surface area contributed by atoms with E-state index in [1.807, 2.05) is 6.92 Å². The summed E-state index contributed by atoms with van der Waals surface area (Å²) in [7, 11) is 0. The summed E-state index contributed by atoms with van der Waals surface area (Å²) in [6.45, 7) is 4.42. The first-order valence-corrected chi connectivity index (χ1v) is 7.80. The average molecular weight is 309 g/mol. The van der Waals surface area contributed by atoms with Crippen LogP contribution in [0.2, 0.25) is 0 Å². The number of nitrogens with zero attached hydrogens (tertiary/aromatic N) is 1. The van der Waals surface area contributed by atoms with Crippen molar-refractivity contribution in [2.75, 3.05) is 25.0 Å². The third kappa shape index (κ3) is 5.27. The van der Waals surface area contributed by atoms with E-state index in [0.29, 0.717) is 12.2 Å². The van der Waals surface area contributed by atoms with Gasteiger partial charge in [0.15, 0.2) is 0 Å². The van der Waals surface area contributed by atoms with Gasteiger partial charge in [-0.3, -0.25) is 0 Å². The molecule has 0 radical (unpaired) electrons. The molecule has 0 aromatic heterocycles. The molecule has 0 bridgehead atoms. The molecule has 1 heterocycles. The van der Waals surface area contributed by atoms with Crippen LogP contribution in [0.4, 0.5) is 14.9 Å². The summed E-state index contributed by atoms with van der Waals surface area (Å²) in [5.41, 5.74) is 0.572. The summed E-state index contributed by atoms with van der Waals surface area (Å²) in [6, 6.07) is 5.56. The topological polar surface area (TPSA) is 64.6 Å². The largest absolute Gasteiger partial charge is 0.392 e. The van der Waals surface area contributed by atoms with Crippen molar-refractivity contribution in [2.45, 2.75) is 38.3 Å². The monoisotopic (exact) mass is 309 g/mol. The molecule has 0 spiro atoms. The number of carbonyl (C=O) groups excluding carboxylic acids is 1. The lowest BCUT2D eigenvalue weighted by Crippen LogP contribution is -2.47. The van der Waals surface area contributed by atoms with Crippen molar-refractivity contribution in [3.63, 3.8) is 0 Å². The molecule has 22 heavy (non-hydrogen) atoms. The number of anilines is 1. The summed E-state index contributed by atoms with van der Waals surface area (Å²) < 4.78 is 12.8. The number of hydrogen-bond donors (Lipinski definition) is 3. The van der Waals surface area contributed by atoms with Crippen LogP contribution in [0.1, 0.15) is 26.2 Å². The molecule has 0 aliphatic carbocycles. The first-order valence-electron chi connectivity index (χ1n) is 7.80. The number of halogens is 1. The standard InChI is InChI=1S/C16H24FN3O2/c1-2-15(21)11-20-9-7-14(8-10-20)19-16(22)18-13-5-3-12(17)4-6-13/h3-6,14-15,21H,2,7-11H2,1H3,(H2,18,19,22)/t15-/m1/s1. The highest BCUT2D eigenvalue weighted by Gasteiger charge is 2.21. The summed E-state index contributed by atoms with van der Waals surface area (Å²) >= 11 is 0. The number of carbonyl (C=O) groups is 1. The molecule has 2 amide bonds. The number of amides is 2. The molecule has 3 N–H and O–H groups in total. The second-order valence-electron chi connectivity index (χ2n) is 5.74. The zero-order valence-electron chi connectivity index (χ0n) is 12.9. The number of aliphatic hydroxyl groups excluding tert-OH is 1. The Morgan fingerprint density at radius 2 is 2.00 bits per heavy atom. The highest BCUT2D eigenvalue weighted by atomic mass is 19.1. The lowest BCUT2D eigenvalue weighted by atomic mass is 10.0. The summed E-state index contributed by atoms with van der Waals surface area (Å²) in [4.78, 5) is 14.1. The quantitative estimate of drug-likeness (QED) is 0.781. The van der Waals surface area contributed by atoms with Gasteiger partial charge in [0.1, 0.15) is 5.82 Å². The molecule has 1 aliphatic rings. The van der Waals surface area contributed by atoms with Gasteiger partial charge in [-0.15, -0.1) is 0 Å². The van der Waals surface area contributed by atoms with Gasteiger partial charge in [-0.1, -0.05) is 6.92 Å². The van der Waals surface area contributed by atoms with E-state index in [1.54, 1.807) is 0 Å². The van der Waals surface area contributed by atoms with Gasteiger partial charge in [-0.2, -0.15) is 0 Å². The van der Waals surface area contributed by atoms with E-state index in [2.05, 4.69) is 15.5 Å². The number of hydrogen-bond acceptors (Lipinski definition) is 3. The second-order valence-corrected chi connectivity index (χ2v) is 5.74. The van der Waals surface area contributed by atoms with Gasteiger partial charge < -0.3 is 20.6 Å². The van der Waals surface area contributed by atoms with E-state index < -0.39 is 0 Å². The first kappa shape index (κ1) is 16.7. The highest BCUT2D eigenvalue weighted by molar-refractivity contribution is 5.89. The van der Waals surface area contributed by atoms with Gasteiger partial charge in [-0.25, -0.2) is 9.18 Å². The molecule has 1 fully saturated rings. The number of likely N-dealkylation sites (tertiary alicyclic amines) is 1. The minimum Gasteiger partial charge on any atom is -0.392 e. The van der Waals surface area contributed by atoms with Crippen molar-refractivity contribution in [3.8, 4) is 0 Å². The maximum atomic E-state index is 12.8. The van der Waals surface area contributed by atoms with Crippen molar-refractivity contribution in [2.24, 2.45) is 0 Å². The fourth-order valence-electron chi connectivity index (χ4n) is 2.57. The van der Waals surface area contributed by atoms with E-state index in [9.17, 15) is 14.3 Å². The van der Waals surface area contributed by atoms with Crippen LogP contribution >= 0.6 is 0 Å². The molecule has 6 heteroatoms. The predicted molar refractivity (Wildman–Crippen MR) is 84.3 cm³/mol. The Hall–Kier alpha value is -1.66. The van der Waals surface area contributed by atoms with E-state index >= 15 is 0 Å². The minimum atomic E-state index is -0.326. The zero-order chi connectivity index (χ0) is 15.9. The van der Waals surface area contributed by atoms with Crippen LogP contribution in [-0.4, -0.2) is 47.8 Å². The molecular formula is C16H24FN3O2. The van der Waals surface area contributed by atoms with Gasteiger partial charge >= 0.3 is 6.03 Å². The second kappa shape index (κ2) is 8.10. The smallest absolute Gasteiger partial charge is 0.319 e. The molecule has 1 aromatic carbocycles. The molecule has 122 valence electrons. The molecular weight excluding hydrogens is 285 g/mol. The van der Waals surface area contributed by atoms with Crippen LogP contribution in [0, 0.1) is 5.82 Å². The number of nitrogens with one attached hydrogen (secondary N) is 2. The fourth-order valence-corrected chi connectivity index (χ4v) is 2.57. The summed E-state index contributed by atoms with van der Waals surface area (Å²) in [5.74, 6) is -0.326. The molecule has 1 aromatic rings. The van der Waals surface area contributed by atoms with E-state index in [1.165, 1.54) is 24.3 Å². The van der Waals surface area contributed by atoms with Crippen LogP contribution in [0.25, 0.3) is 0 Å². The van der Waals surface area contributed by atoms with Crippen LogP contribution in [0.15, 0.2) is 24.3 Å². The van der Waals surface area contributed by atoms with Crippen LogP contribution in [-0.2, 0) is 0 Å². The molecule has 1 atom stereocenters. The zero-order valence-corrected chi connectivity index (χ0v) is 12.9. The Bertz CT molecular complexity index is 473. The Morgan fingerprint density at radius 3 is 2.59 bits per heavy atom. The third-order valence-electron chi connectivity index (χ3n) is 3.97. The van der Waals surface area contributed by atoms with Crippen molar-refractivity contribution < 1.29 is 14.3 Å². The normalized spacial score (nSPS) is 18.0. The molecule has 1 saturated heterocycles. The van der Waals surface area contributed by atoms with Crippen LogP contribution < -0.4 is 10.6 Å².